The van der Waals surface area contributed by atoms with Crippen molar-refractivity contribution in [3.05, 3.63) is 59.4 Å². The van der Waals surface area contributed by atoms with Gasteiger partial charge in [-0.15, -0.1) is 0 Å². The standard InChI is InChI=1S/C16H16FNO4/c1-22-11-6-7-13(19)12(8-11)14(15(18)16(20)21)9-2-4-10(17)5-3-9/h2-8,14-15,19H,18H2,1H3,(H,20,21)/t14-,15-/m0/s1. The lowest BCUT2D eigenvalue weighted by molar-refractivity contribution is -0.138. The van der Waals surface area contributed by atoms with E-state index in [1.165, 1.54) is 43.5 Å². The van der Waals surface area contributed by atoms with Crippen LogP contribution in [0.1, 0.15) is 17.0 Å². The van der Waals surface area contributed by atoms with Crippen LogP contribution in [0.3, 0.4) is 0 Å². The van der Waals surface area contributed by atoms with Crippen LogP contribution < -0.4 is 10.5 Å². The summed E-state index contributed by atoms with van der Waals surface area (Å²) in [6.07, 6.45) is 0. The molecular formula is C16H16FNO4. The molecule has 0 bridgehead atoms. The Kier molecular flexibility index (Phi) is 4.62. The van der Waals surface area contributed by atoms with Crippen LogP contribution in [0, 0.1) is 5.82 Å². The van der Waals surface area contributed by atoms with Gasteiger partial charge in [0.25, 0.3) is 0 Å². The van der Waals surface area contributed by atoms with Crippen LogP contribution in [0.15, 0.2) is 42.5 Å². The van der Waals surface area contributed by atoms with E-state index in [0.717, 1.165) is 0 Å². The highest BCUT2D eigenvalue weighted by Gasteiger charge is 2.30. The minimum Gasteiger partial charge on any atom is -0.508 e. The summed E-state index contributed by atoms with van der Waals surface area (Å²) in [4.78, 5) is 11.3. The second-order valence-electron chi connectivity index (χ2n) is 4.82. The number of hydrogen-bond donors (Lipinski definition) is 3. The number of carboxylic acid groups (broad SMARTS) is 1. The predicted molar refractivity (Wildman–Crippen MR) is 78.5 cm³/mol. The number of benzene rings is 2. The molecule has 2 atom stereocenters. The zero-order chi connectivity index (χ0) is 16.3. The molecule has 0 saturated heterocycles. The van der Waals surface area contributed by atoms with Crippen molar-refractivity contribution in [3.8, 4) is 11.5 Å². The SMILES string of the molecule is COc1ccc(O)c([C@H](c2ccc(F)cc2)[C@H](N)C(=O)O)c1. The Hall–Kier alpha value is -2.60. The van der Waals surface area contributed by atoms with Crippen molar-refractivity contribution >= 4 is 5.97 Å². The molecule has 6 heteroatoms. The molecule has 0 aliphatic heterocycles. The third-order valence-corrected chi connectivity index (χ3v) is 3.44. The van der Waals surface area contributed by atoms with Gasteiger partial charge in [0.05, 0.1) is 7.11 Å². The number of phenols is 1. The molecule has 0 heterocycles. The second kappa shape index (κ2) is 6.44. The van der Waals surface area contributed by atoms with Gasteiger partial charge in [-0.1, -0.05) is 12.1 Å². The molecule has 0 aliphatic carbocycles. The molecule has 0 amide bonds. The summed E-state index contributed by atoms with van der Waals surface area (Å²) in [6.45, 7) is 0. The first kappa shape index (κ1) is 15.8. The third-order valence-electron chi connectivity index (χ3n) is 3.44. The Morgan fingerprint density at radius 2 is 1.86 bits per heavy atom. The number of ether oxygens (including phenoxy) is 1. The van der Waals surface area contributed by atoms with Crippen LogP contribution in [0.25, 0.3) is 0 Å². The lowest BCUT2D eigenvalue weighted by Crippen LogP contribution is -2.37. The number of aliphatic carboxylic acids is 1. The van der Waals surface area contributed by atoms with Gasteiger partial charge in [0, 0.05) is 11.5 Å². The fraction of sp³-hybridized carbons (Fsp3) is 0.188. The maximum absolute atomic E-state index is 13.1. The maximum Gasteiger partial charge on any atom is 0.321 e. The maximum atomic E-state index is 13.1. The molecule has 2 aromatic rings. The van der Waals surface area contributed by atoms with Crippen molar-refractivity contribution < 1.29 is 24.1 Å². The largest absolute Gasteiger partial charge is 0.508 e. The molecule has 5 nitrogen and oxygen atoms in total. The Morgan fingerprint density at radius 3 is 2.41 bits per heavy atom. The minimum atomic E-state index is -1.30. The van der Waals surface area contributed by atoms with Crippen molar-refractivity contribution in [2.75, 3.05) is 7.11 Å². The highest BCUT2D eigenvalue weighted by atomic mass is 19.1. The average molecular weight is 305 g/mol. The molecule has 0 spiro atoms. The number of nitrogens with two attached hydrogens (primary N) is 1. The van der Waals surface area contributed by atoms with E-state index < -0.39 is 23.7 Å². The highest BCUT2D eigenvalue weighted by Crippen LogP contribution is 2.35. The van der Waals surface area contributed by atoms with Crippen LogP contribution in [0.5, 0.6) is 11.5 Å². The predicted octanol–water partition coefficient (Wildman–Crippen LogP) is 2.08. The topological polar surface area (TPSA) is 92.8 Å². The van der Waals surface area contributed by atoms with Crippen LogP contribution in [0.4, 0.5) is 4.39 Å². The quantitative estimate of drug-likeness (QED) is 0.786. The summed E-state index contributed by atoms with van der Waals surface area (Å²) in [5.74, 6) is -2.16. The fourth-order valence-electron chi connectivity index (χ4n) is 2.30. The number of methoxy groups -OCH3 is 1. The zero-order valence-electron chi connectivity index (χ0n) is 11.9. The first-order valence-electron chi connectivity index (χ1n) is 6.54. The van der Waals surface area contributed by atoms with E-state index in [1.54, 1.807) is 6.07 Å². The molecule has 116 valence electrons. The van der Waals surface area contributed by atoms with Gasteiger partial charge in [-0.25, -0.2) is 4.39 Å². The summed E-state index contributed by atoms with van der Waals surface area (Å²) in [5, 5.41) is 19.3. The summed E-state index contributed by atoms with van der Waals surface area (Å²) < 4.78 is 18.2. The Morgan fingerprint density at radius 1 is 1.23 bits per heavy atom. The van der Waals surface area contributed by atoms with Gasteiger partial charge in [-0.3, -0.25) is 4.79 Å². The number of phenolic OH excluding ortho intramolecular Hbond substituents is 1. The summed E-state index contributed by atoms with van der Waals surface area (Å²) in [7, 11) is 1.46. The fourth-order valence-corrected chi connectivity index (χ4v) is 2.30. The number of carboxylic acids is 1. The molecule has 0 saturated carbocycles. The number of aromatic hydroxyl groups is 1. The van der Waals surface area contributed by atoms with Crippen LogP contribution in [-0.2, 0) is 4.79 Å². The average Bonchev–Trinajstić information content (AvgIpc) is 2.51. The van der Waals surface area contributed by atoms with Crippen molar-refractivity contribution in [2.24, 2.45) is 5.73 Å². The van der Waals surface area contributed by atoms with E-state index >= 15 is 0 Å². The van der Waals surface area contributed by atoms with Gasteiger partial charge in [0.2, 0.25) is 0 Å². The molecular weight excluding hydrogens is 289 g/mol. The lowest BCUT2D eigenvalue weighted by Gasteiger charge is -2.23. The van der Waals surface area contributed by atoms with Gasteiger partial charge < -0.3 is 20.7 Å². The number of carbonyl (C=O) groups is 1. The smallest absolute Gasteiger partial charge is 0.321 e. The molecule has 4 N–H and O–H groups in total. The van der Waals surface area contributed by atoms with Crippen LogP contribution in [0.2, 0.25) is 0 Å². The molecule has 0 aromatic heterocycles. The van der Waals surface area contributed by atoms with Gasteiger partial charge in [0.15, 0.2) is 0 Å². The zero-order valence-corrected chi connectivity index (χ0v) is 11.9. The summed E-state index contributed by atoms with van der Waals surface area (Å²) in [6, 6.07) is 8.49. The van der Waals surface area contributed by atoms with Crippen LogP contribution in [-0.4, -0.2) is 29.3 Å². The van der Waals surface area contributed by atoms with Gasteiger partial charge in [0.1, 0.15) is 23.4 Å². The first-order valence-corrected chi connectivity index (χ1v) is 6.54. The highest BCUT2D eigenvalue weighted by molar-refractivity contribution is 5.76. The van der Waals surface area contributed by atoms with Crippen molar-refractivity contribution in [3.63, 3.8) is 0 Å². The van der Waals surface area contributed by atoms with Gasteiger partial charge >= 0.3 is 5.97 Å². The van der Waals surface area contributed by atoms with Crippen molar-refractivity contribution in [1.82, 2.24) is 0 Å². The first-order chi connectivity index (χ1) is 10.4. The molecule has 2 aromatic carbocycles. The van der Waals surface area contributed by atoms with Gasteiger partial charge in [-0.2, -0.15) is 0 Å². The number of rotatable bonds is 5. The Labute approximate surface area is 126 Å². The molecule has 0 fully saturated rings. The Balaban J connectivity index is 2.58. The monoisotopic (exact) mass is 305 g/mol. The van der Waals surface area contributed by atoms with E-state index in [1.807, 2.05) is 0 Å². The third kappa shape index (κ3) is 3.17. The lowest BCUT2D eigenvalue weighted by atomic mass is 9.84. The van der Waals surface area contributed by atoms with E-state index in [-0.39, 0.29) is 5.75 Å². The molecule has 0 radical (unpaired) electrons. The van der Waals surface area contributed by atoms with E-state index in [0.29, 0.717) is 16.9 Å². The van der Waals surface area contributed by atoms with E-state index in [2.05, 4.69) is 0 Å². The van der Waals surface area contributed by atoms with E-state index in [4.69, 9.17) is 10.5 Å². The molecule has 2 rings (SSSR count). The molecule has 0 aliphatic rings. The molecule has 0 unspecified atom stereocenters. The van der Waals surface area contributed by atoms with Crippen molar-refractivity contribution in [1.29, 1.82) is 0 Å². The summed E-state index contributed by atoms with van der Waals surface area (Å²) >= 11 is 0. The number of hydrogen-bond acceptors (Lipinski definition) is 4. The summed E-state index contributed by atoms with van der Waals surface area (Å²) in [5.41, 5.74) is 6.57. The van der Waals surface area contributed by atoms with Gasteiger partial charge in [-0.05, 0) is 35.9 Å². The molecule has 22 heavy (non-hydrogen) atoms. The van der Waals surface area contributed by atoms with E-state index in [9.17, 15) is 19.4 Å². The normalized spacial score (nSPS) is 13.4. The van der Waals surface area contributed by atoms with Crippen molar-refractivity contribution in [2.45, 2.75) is 12.0 Å². The second-order valence-corrected chi connectivity index (χ2v) is 4.82. The Bertz CT molecular complexity index is 672. The van der Waals surface area contributed by atoms with Crippen LogP contribution >= 0.6 is 0 Å². The minimum absolute atomic E-state index is 0.105. The number of halogens is 1.